The highest BCUT2D eigenvalue weighted by Gasteiger charge is 2.32. The second-order valence-corrected chi connectivity index (χ2v) is 6.00. The maximum Gasteiger partial charge on any atom is 0.235 e. The molecule has 0 aromatic rings. The van der Waals surface area contributed by atoms with Gasteiger partial charge in [0.2, 0.25) is 5.91 Å². The third-order valence-corrected chi connectivity index (χ3v) is 3.63. The van der Waals surface area contributed by atoms with Crippen LogP contribution in [0.2, 0.25) is 0 Å². The maximum absolute atomic E-state index is 11.4. The molecule has 1 rings (SSSR count). The lowest BCUT2D eigenvalue weighted by Crippen LogP contribution is -2.51. The molecule has 1 aliphatic rings. The van der Waals surface area contributed by atoms with Gasteiger partial charge in [-0.25, -0.2) is 0 Å². The molecule has 0 spiro atoms. The minimum atomic E-state index is -0.260. The smallest absolute Gasteiger partial charge is 0.235 e. The van der Waals surface area contributed by atoms with Gasteiger partial charge in [0.05, 0.1) is 6.04 Å². The molecule has 0 aliphatic carbocycles. The van der Waals surface area contributed by atoms with E-state index in [4.69, 9.17) is 5.73 Å². The first kappa shape index (κ1) is 15.4. The first-order chi connectivity index (χ1) is 8.31. The third kappa shape index (κ3) is 4.23. The van der Waals surface area contributed by atoms with E-state index < -0.39 is 0 Å². The second-order valence-electron chi connectivity index (χ2n) is 6.00. The number of carbonyl (C=O) groups excluding carboxylic acids is 1. The predicted octanol–water partition coefficient (Wildman–Crippen LogP) is -0.280. The minimum absolute atomic E-state index is 0.252. The lowest BCUT2D eigenvalue weighted by molar-refractivity contribution is -0.120. The van der Waals surface area contributed by atoms with Crippen LogP contribution in [0.25, 0.3) is 0 Å². The molecule has 0 aromatic heterocycles. The van der Waals surface area contributed by atoms with Crippen molar-refractivity contribution in [2.24, 2.45) is 11.7 Å². The number of rotatable bonds is 6. The zero-order chi connectivity index (χ0) is 13.9. The summed E-state index contributed by atoms with van der Waals surface area (Å²) in [6, 6.07) is 0.586. The summed E-state index contributed by atoms with van der Waals surface area (Å²) >= 11 is 0. The second kappa shape index (κ2) is 6.50. The third-order valence-electron chi connectivity index (χ3n) is 3.63. The van der Waals surface area contributed by atoms with Crippen molar-refractivity contribution in [1.82, 2.24) is 15.1 Å². The van der Waals surface area contributed by atoms with E-state index in [9.17, 15) is 4.79 Å². The fraction of sp³-hybridized carbons (Fsp3) is 0.923. The van der Waals surface area contributed by atoms with Gasteiger partial charge in [0.1, 0.15) is 0 Å². The average molecular weight is 256 g/mol. The predicted molar refractivity (Wildman–Crippen MR) is 74.3 cm³/mol. The van der Waals surface area contributed by atoms with Crippen molar-refractivity contribution in [1.29, 1.82) is 0 Å². The Hall–Kier alpha value is -0.650. The molecular weight excluding hydrogens is 228 g/mol. The Morgan fingerprint density at radius 1 is 1.44 bits per heavy atom. The van der Waals surface area contributed by atoms with E-state index >= 15 is 0 Å². The number of amides is 1. The summed E-state index contributed by atoms with van der Waals surface area (Å²) in [6.07, 6.45) is 0. The van der Waals surface area contributed by atoms with E-state index in [1.54, 1.807) is 0 Å². The first-order valence-electron chi connectivity index (χ1n) is 6.75. The summed E-state index contributed by atoms with van der Waals surface area (Å²) in [5.41, 5.74) is 5.45. The molecule has 0 saturated carbocycles. The van der Waals surface area contributed by atoms with Crippen LogP contribution in [0.4, 0.5) is 0 Å². The van der Waals surface area contributed by atoms with Crippen LogP contribution < -0.4 is 11.1 Å². The maximum atomic E-state index is 11.4. The van der Waals surface area contributed by atoms with E-state index in [0.717, 1.165) is 13.1 Å². The molecule has 5 nitrogen and oxygen atoms in total. The van der Waals surface area contributed by atoms with Crippen molar-refractivity contribution in [2.75, 3.05) is 33.7 Å². The largest absolute Gasteiger partial charge is 0.368 e. The van der Waals surface area contributed by atoms with Crippen LogP contribution in [0.1, 0.15) is 20.8 Å². The van der Waals surface area contributed by atoms with Crippen LogP contribution in [0.5, 0.6) is 0 Å². The Kier molecular flexibility index (Phi) is 5.56. The fourth-order valence-electron chi connectivity index (χ4n) is 2.75. The quantitative estimate of drug-likeness (QED) is 0.686. The number of nitrogens with zero attached hydrogens (tertiary/aromatic N) is 2. The number of likely N-dealkylation sites (N-methyl/N-ethyl adjacent to an activating group) is 1. The SMILES string of the molecule is CC(C)NC(CN1CC(C)C(N(C)C)C1)C(N)=O. The Labute approximate surface area is 111 Å². The normalized spacial score (nSPS) is 27.1. The van der Waals surface area contributed by atoms with Gasteiger partial charge in [0.15, 0.2) is 0 Å². The van der Waals surface area contributed by atoms with Gasteiger partial charge in [-0.1, -0.05) is 20.8 Å². The van der Waals surface area contributed by atoms with Crippen LogP contribution in [0, 0.1) is 5.92 Å². The average Bonchev–Trinajstić information content (AvgIpc) is 2.57. The van der Waals surface area contributed by atoms with Gasteiger partial charge in [0, 0.05) is 31.7 Å². The molecule has 0 bridgehead atoms. The molecule has 3 N–H and O–H groups in total. The van der Waals surface area contributed by atoms with Crippen molar-refractivity contribution in [3.8, 4) is 0 Å². The number of primary amides is 1. The van der Waals surface area contributed by atoms with Crippen LogP contribution in [-0.2, 0) is 4.79 Å². The summed E-state index contributed by atoms with van der Waals surface area (Å²) in [5.74, 6) is 0.372. The van der Waals surface area contributed by atoms with Crippen LogP contribution >= 0.6 is 0 Å². The number of likely N-dealkylation sites (tertiary alicyclic amines) is 1. The highest BCUT2D eigenvalue weighted by molar-refractivity contribution is 5.80. The Bertz CT molecular complexity index is 280. The monoisotopic (exact) mass is 256 g/mol. The summed E-state index contributed by atoms with van der Waals surface area (Å²) in [7, 11) is 4.23. The Morgan fingerprint density at radius 2 is 2.06 bits per heavy atom. The molecule has 3 unspecified atom stereocenters. The van der Waals surface area contributed by atoms with E-state index in [2.05, 4.69) is 36.1 Å². The molecular formula is C13H28N4O. The van der Waals surface area contributed by atoms with Gasteiger partial charge in [-0.15, -0.1) is 0 Å². The molecule has 1 heterocycles. The van der Waals surface area contributed by atoms with Crippen molar-refractivity contribution in [3.63, 3.8) is 0 Å². The standard InChI is InChI=1S/C13H28N4O/c1-9(2)15-11(13(14)18)7-17-6-10(3)12(8-17)16(4)5/h9-12,15H,6-8H2,1-5H3,(H2,14,18). The molecule has 0 aromatic carbocycles. The summed E-state index contributed by atoms with van der Waals surface area (Å²) in [5, 5.41) is 3.24. The van der Waals surface area contributed by atoms with Gasteiger partial charge in [-0.05, 0) is 20.0 Å². The molecule has 106 valence electrons. The summed E-state index contributed by atoms with van der Waals surface area (Å²) in [6.45, 7) is 9.09. The number of nitrogens with two attached hydrogens (primary N) is 1. The van der Waals surface area contributed by atoms with Crippen molar-refractivity contribution in [2.45, 2.75) is 38.9 Å². The van der Waals surface area contributed by atoms with Crippen molar-refractivity contribution in [3.05, 3.63) is 0 Å². The van der Waals surface area contributed by atoms with Crippen LogP contribution in [-0.4, -0.2) is 67.6 Å². The van der Waals surface area contributed by atoms with Crippen LogP contribution in [0.3, 0.4) is 0 Å². The van der Waals surface area contributed by atoms with Gasteiger partial charge >= 0.3 is 0 Å². The first-order valence-corrected chi connectivity index (χ1v) is 6.75. The summed E-state index contributed by atoms with van der Waals surface area (Å²) in [4.78, 5) is 16.0. The highest BCUT2D eigenvalue weighted by Crippen LogP contribution is 2.19. The number of hydrogen-bond donors (Lipinski definition) is 2. The van der Waals surface area contributed by atoms with Crippen molar-refractivity contribution >= 4 is 5.91 Å². The van der Waals surface area contributed by atoms with Crippen LogP contribution in [0.15, 0.2) is 0 Å². The Morgan fingerprint density at radius 3 is 2.44 bits per heavy atom. The topological polar surface area (TPSA) is 61.6 Å². The summed E-state index contributed by atoms with van der Waals surface area (Å²) < 4.78 is 0. The lowest BCUT2D eigenvalue weighted by Gasteiger charge is -2.25. The molecule has 1 aliphatic heterocycles. The zero-order valence-electron chi connectivity index (χ0n) is 12.3. The van der Waals surface area contributed by atoms with E-state index in [-0.39, 0.29) is 18.0 Å². The Balaban J connectivity index is 2.53. The van der Waals surface area contributed by atoms with Gasteiger partial charge in [0.25, 0.3) is 0 Å². The minimum Gasteiger partial charge on any atom is -0.368 e. The highest BCUT2D eigenvalue weighted by atomic mass is 16.1. The number of carbonyl (C=O) groups is 1. The molecule has 3 atom stereocenters. The van der Waals surface area contributed by atoms with Gasteiger partial charge in [-0.3, -0.25) is 9.69 Å². The van der Waals surface area contributed by atoms with Crippen molar-refractivity contribution < 1.29 is 4.79 Å². The van der Waals surface area contributed by atoms with E-state index in [0.29, 0.717) is 18.5 Å². The zero-order valence-corrected chi connectivity index (χ0v) is 12.3. The number of nitrogens with one attached hydrogen (secondary N) is 1. The number of hydrogen-bond acceptors (Lipinski definition) is 4. The lowest BCUT2D eigenvalue weighted by atomic mass is 10.1. The van der Waals surface area contributed by atoms with Gasteiger partial charge < -0.3 is 16.0 Å². The molecule has 18 heavy (non-hydrogen) atoms. The molecule has 5 heteroatoms. The fourth-order valence-corrected chi connectivity index (χ4v) is 2.75. The van der Waals surface area contributed by atoms with Gasteiger partial charge in [-0.2, -0.15) is 0 Å². The van der Waals surface area contributed by atoms with E-state index in [1.807, 2.05) is 13.8 Å². The van der Waals surface area contributed by atoms with E-state index in [1.165, 1.54) is 0 Å². The molecule has 1 fully saturated rings. The molecule has 1 amide bonds. The molecule has 1 saturated heterocycles. The molecule has 0 radical (unpaired) electrons.